The van der Waals surface area contributed by atoms with Crippen LogP contribution in [0.15, 0.2) is 18.6 Å². The molecule has 0 aliphatic rings. The lowest BCUT2D eigenvalue weighted by molar-refractivity contribution is 0.0693. The maximum atomic E-state index is 5.37. The molecule has 0 saturated heterocycles. The zero-order chi connectivity index (χ0) is 12.3. The van der Waals surface area contributed by atoms with E-state index in [1.807, 2.05) is 0 Å². The number of nitrogens with one attached hydrogen (secondary N) is 1. The second-order valence-corrected chi connectivity index (χ2v) is 3.76. The highest BCUT2D eigenvalue weighted by Crippen LogP contribution is 2.05. The largest absolute Gasteiger partial charge is 0.382 e. The van der Waals surface area contributed by atoms with Gasteiger partial charge in [0.2, 0.25) is 0 Å². The summed E-state index contributed by atoms with van der Waals surface area (Å²) < 4.78 is 10.3. The van der Waals surface area contributed by atoms with Crippen LogP contribution < -0.4 is 5.32 Å². The van der Waals surface area contributed by atoms with Gasteiger partial charge in [-0.25, -0.2) is 0 Å². The van der Waals surface area contributed by atoms with Crippen molar-refractivity contribution in [2.45, 2.75) is 19.4 Å². The molecule has 0 fully saturated rings. The molecule has 0 aromatic carbocycles. The smallest absolute Gasteiger partial charge is 0.0753 e. The Morgan fingerprint density at radius 3 is 2.88 bits per heavy atom. The summed E-state index contributed by atoms with van der Waals surface area (Å²) in [6.07, 6.45) is 6.16. The van der Waals surface area contributed by atoms with Crippen LogP contribution in [0.2, 0.25) is 0 Å². The topological polar surface area (TPSA) is 56.3 Å². The van der Waals surface area contributed by atoms with Crippen molar-refractivity contribution in [3.05, 3.63) is 24.3 Å². The quantitative estimate of drug-likeness (QED) is 0.656. The highest BCUT2D eigenvalue weighted by molar-refractivity contribution is 5.00. The van der Waals surface area contributed by atoms with Crippen molar-refractivity contribution < 1.29 is 9.47 Å². The summed E-state index contributed by atoms with van der Waals surface area (Å²) in [5.41, 5.74) is 0.966. The lowest BCUT2D eigenvalue weighted by Crippen LogP contribution is -2.22. The molecular weight excluding hydrogens is 218 g/mol. The molecule has 1 atom stereocenters. The predicted octanol–water partition coefficient (Wildman–Crippen LogP) is 1.18. The summed E-state index contributed by atoms with van der Waals surface area (Å²) in [5.74, 6) is 0. The van der Waals surface area contributed by atoms with Crippen LogP contribution in [0.25, 0.3) is 0 Å². The van der Waals surface area contributed by atoms with Gasteiger partial charge in [0.25, 0.3) is 0 Å². The predicted molar refractivity (Wildman–Crippen MR) is 65.8 cm³/mol. The van der Waals surface area contributed by atoms with Crippen LogP contribution in [0, 0.1) is 0 Å². The fourth-order valence-electron chi connectivity index (χ4n) is 1.38. The Morgan fingerprint density at radius 2 is 2.18 bits per heavy atom. The first kappa shape index (κ1) is 14.0. The fraction of sp³-hybridized carbons (Fsp3) is 0.667. The molecule has 1 unspecified atom stereocenters. The minimum Gasteiger partial charge on any atom is -0.382 e. The maximum absolute atomic E-state index is 5.37. The first-order valence-corrected chi connectivity index (χ1v) is 5.90. The minimum absolute atomic E-state index is 0.225. The van der Waals surface area contributed by atoms with Crippen molar-refractivity contribution in [1.82, 2.24) is 15.3 Å². The molecule has 1 heterocycles. The number of hydrogen-bond acceptors (Lipinski definition) is 5. The summed E-state index contributed by atoms with van der Waals surface area (Å²) in [4.78, 5) is 8.29. The van der Waals surface area contributed by atoms with E-state index in [2.05, 4.69) is 22.2 Å². The van der Waals surface area contributed by atoms with E-state index in [4.69, 9.17) is 9.47 Å². The van der Waals surface area contributed by atoms with Crippen LogP contribution in [0.5, 0.6) is 0 Å². The van der Waals surface area contributed by atoms with Crippen molar-refractivity contribution in [3.63, 3.8) is 0 Å². The SMILES string of the molecule is COCCOCCCNC(C)c1cnccn1. The lowest BCUT2D eigenvalue weighted by atomic mass is 10.2. The Bertz CT molecular complexity index is 282. The Labute approximate surface area is 103 Å². The number of methoxy groups -OCH3 is 1. The van der Waals surface area contributed by atoms with Gasteiger partial charge >= 0.3 is 0 Å². The van der Waals surface area contributed by atoms with E-state index in [0.29, 0.717) is 13.2 Å². The second-order valence-electron chi connectivity index (χ2n) is 3.76. The van der Waals surface area contributed by atoms with Crippen LogP contribution in [0.1, 0.15) is 25.1 Å². The zero-order valence-electron chi connectivity index (χ0n) is 10.6. The summed E-state index contributed by atoms with van der Waals surface area (Å²) in [6.45, 7) is 5.06. The number of rotatable bonds is 9. The minimum atomic E-state index is 0.225. The van der Waals surface area contributed by atoms with Gasteiger partial charge in [-0.2, -0.15) is 0 Å². The van der Waals surface area contributed by atoms with Crippen LogP contribution in [-0.4, -0.2) is 43.4 Å². The molecule has 0 spiro atoms. The molecule has 5 heteroatoms. The van der Waals surface area contributed by atoms with Gasteiger partial charge in [0.15, 0.2) is 0 Å². The molecule has 0 bridgehead atoms. The summed E-state index contributed by atoms with van der Waals surface area (Å²) >= 11 is 0. The van der Waals surface area contributed by atoms with Gasteiger partial charge in [0.05, 0.1) is 18.9 Å². The molecule has 0 amide bonds. The van der Waals surface area contributed by atoms with Gasteiger partial charge < -0.3 is 14.8 Å². The Morgan fingerprint density at radius 1 is 1.29 bits per heavy atom. The maximum Gasteiger partial charge on any atom is 0.0753 e. The Balaban J connectivity index is 2.03. The van der Waals surface area contributed by atoms with Crippen LogP contribution in [-0.2, 0) is 9.47 Å². The second kappa shape index (κ2) is 9.04. The van der Waals surface area contributed by atoms with Crippen LogP contribution >= 0.6 is 0 Å². The Hall–Kier alpha value is -1.04. The third kappa shape index (κ3) is 6.31. The average molecular weight is 239 g/mol. The van der Waals surface area contributed by atoms with E-state index >= 15 is 0 Å². The Kier molecular flexibility index (Phi) is 7.46. The van der Waals surface area contributed by atoms with Crippen molar-refractivity contribution >= 4 is 0 Å². The fourth-order valence-corrected chi connectivity index (χ4v) is 1.38. The summed E-state index contributed by atoms with van der Waals surface area (Å²) in [6, 6.07) is 0.225. The van der Waals surface area contributed by atoms with Gasteiger partial charge in [-0.05, 0) is 19.9 Å². The van der Waals surface area contributed by atoms with E-state index in [1.54, 1.807) is 25.7 Å². The highest BCUT2D eigenvalue weighted by Gasteiger charge is 2.04. The average Bonchev–Trinajstić information content (AvgIpc) is 2.38. The third-order valence-electron chi connectivity index (χ3n) is 2.37. The van der Waals surface area contributed by atoms with Crippen molar-refractivity contribution in [2.75, 3.05) is 33.5 Å². The molecule has 1 aromatic rings. The summed E-state index contributed by atoms with van der Waals surface area (Å²) in [5, 5.41) is 3.38. The van der Waals surface area contributed by atoms with Crippen molar-refractivity contribution in [1.29, 1.82) is 0 Å². The summed E-state index contributed by atoms with van der Waals surface area (Å²) in [7, 11) is 1.67. The number of hydrogen-bond donors (Lipinski definition) is 1. The molecule has 5 nitrogen and oxygen atoms in total. The van der Waals surface area contributed by atoms with Gasteiger partial charge in [0, 0.05) is 38.3 Å². The highest BCUT2D eigenvalue weighted by atomic mass is 16.5. The van der Waals surface area contributed by atoms with Gasteiger partial charge in [-0.15, -0.1) is 0 Å². The number of aromatic nitrogens is 2. The molecule has 96 valence electrons. The first-order chi connectivity index (χ1) is 8.34. The third-order valence-corrected chi connectivity index (χ3v) is 2.37. The normalized spacial score (nSPS) is 12.6. The molecule has 1 aromatic heterocycles. The van der Waals surface area contributed by atoms with E-state index in [1.165, 1.54) is 0 Å². The number of ether oxygens (including phenoxy) is 2. The van der Waals surface area contributed by atoms with Crippen LogP contribution in [0.3, 0.4) is 0 Å². The van der Waals surface area contributed by atoms with Gasteiger partial charge in [-0.1, -0.05) is 0 Å². The van der Waals surface area contributed by atoms with E-state index in [-0.39, 0.29) is 6.04 Å². The van der Waals surface area contributed by atoms with Crippen molar-refractivity contribution in [3.8, 4) is 0 Å². The van der Waals surface area contributed by atoms with Crippen LogP contribution in [0.4, 0.5) is 0 Å². The van der Waals surface area contributed by atoms with Crippen molar-refractivity contribution in [2.24, 2.45) is 0 Å². The molecule has 0 aliphatic carbocycles. The zero-order valence-corrected chi connectivity index (χ0v) is 10.6. The molecule has 0 aliphatic heterocycles. The molecule has 1 N–H and O–H groups in total. The molecule has 0 radical (unpaired) electrons. The standard InChI is InChI=1S/C12H21N3O2/c1-11(12-10-13-5-6-15-12)14-4-3-7-17-9-8-16-2/h5-6,10-11,14H,3-4,7-9H2,1-2H3. The van der Waals surface area contributed by atoms with Gasteiger partial charge in [-0.3, -0.25) is 9.97 Å². The molecular formula is C12H21N3O2. The van der Waals surface area contributed by atoms with E-state index in [9.17, 15) is 0 Å². The van der Waals surface area contributed by atoms with E-state index < -0.39 is 0 Å². The van der Waals surface area contributed by atoms with Gasteiger partial charge in [0.1, 0.15) is 0 Å². The molecule has 17 heavy (non-hydrogen) atoms. The first-order valence-electron chi connectivity index (χ1n) is 5.90. The lowest BCUT2D eigenvalue weighted by Gasteiger charge is -2.12. The monoisotopic (exact) mass is 239 g/mol. The van der Waals surface area contributed by atoms with E-state index in [0.717, 1.165) is 25.3 Å². The number of nitrogens with zero attached hydrogens (tertiary/aromatic N) is 2. The molecule has 1 rings (SSSR count). The molecule has 0 saturated carbocycles.